The third-order valence-corrected chi connectivity index (χ3v) is 0. The van der Waals surface area contributed by atoms with Crippen LogP contribution in [0.2, 0.25) is 0 Å². The molecule has 0 fully saturated rings. The summed E-state index contributed by atoms with van der Waals surface area (Å²) in [4.78, 5) is 9.00. The SMILES string of the molecule is Br.Br.Br.CC(=O)O.[Cs+].[H-]. The number of carboxylic acid groups (broad SMARTS) is 1. The van der Waals surface area contributed by atoms with E-state index in [1.165, 1.54) is 0 Å². The minimum Gasteiger partial charge on any atom is -1.00 e. The molecular formula is C2H8Br3CsO2. The van der Waals surface area contributed by atoms with E-state index in [0.717, 1.165) is 6.92 Å². The molecule has 0 saturated heterocycles. The van der Waals surface area contributed by atoms with Gasteiger partial charge in [-0.2, -0.15) is 0 Å². The van der Waals surface area contributed by atoms with Crippen molar-refractivity contribution in [1.29, 1.82) is 0 Å². The number of halogens is 3. The summed E-state index contributed by atoms with van der Waals surface area (Å²) in [5.74, 6) is -0.833. The number of hydrogen-bond donors (Lipinski definition) is 1. The van der Waals surface area contributed by atoms with Crippen molar-refractivity contribution in [2.45, 2.75) is 6.92 Å². The second-order valence-corrected chi connectivity index (χ2v) is 0.519. The summed E-state index contributed by atoms with van der Waals surface area (Å²) in [6.45, 7) is 1.08. The molecule has 0 aliphatic heterocycles. The summed E-state index contributed by atoms with van der Waals surface area (Å²) in [5.41, 5.74) is 0. The molecule has 8 heavy (non-hydrogen) atoms. The van der Waals surface area contributed by atoms with Gasteiger partial charge in [0.1, 0.15) is 0 Å². The van der Waals surface area contributed by atoms with E-state index >= 15 is 0 Å². The van der Waals surface area contributed by atoms with Crippen molar-refractivity contribution in [2.75, 3.05) is 0 Å². The molecule has 0 unspecified atom stereocenters. The maximum Gasteiger partial charge on any atom is 1.00 e. The van der Waals surface area contributed by atoms with Crippen molar-refractivity contribution in [2.24, 2.45) is 0 Å². The Hall–Kier alpha value is 2.96. The molecule has 1 N–H and O–H groups in total. The average molecular weight is 437 g/mol. The van der Waals surface area contributed by atoms with Crippen molar-refractivity contribution >= 4 is 56.9 Å². The third-order valence-electron chi connectivity index (χ3n) is 0. The topological polar surface area (TPSA) is 37.3 Å². The Balaban J connectivity index is -0.00000000450. The molecule has 2 nitrogen and oxygen atoms in total. The van der Waals surface area contributed by atoms with Crippen LogP contribution in [0.25, 0.3) is 0 Å². The summed E-state index contributed by atoms with van der Waals surface area (Å²) in [7, 11) is 0. The molecule has 0 saturated carbocycles. The average Bonchev–Trinajstić information content (AvgIpc) is 0.811. The van der Waals surface area contributed by atoms with Crippen molar-refractivity contribution < 1.29 is 80.2 Å². The first-order chi connectivity index (χ1) is 1.73. The molecule has 0 aliphatic rings. The number of rotatable bonds is 0. The molecule has 0 aromatic rings. The molecule has 0 aromatic carbocycles. The van der Waals surface area contributed by atoms with Gasteiger partial charge in [-0.3, -0.25) is 4.79 Å². The van der Waals surface area contributed by atoms with E-state index in [-0.39, 0.29) is 121 Å². The van der Waals surface area contributed by atoms with Gasteiger partial charge in [-0.05, 0) is 0 Å². The van der Waals surface area contributed by atoms with Crippen LogP contribution in [0.3, 0.4) is 0 Å². The zero-order valence-corrected chi connectivity index (χ0v) is 16.0. The fourth-order valence-electron chi connectivity index (χ4n) is 0. The second-order valence-electron chi connectivity index (χ2n) is 0.519. The molecule has 0 rings (SSSR count). The molecule has 0 heterocycles. The molecule has 0 aliphatic carbocycles. The van der Waals surface area contributed by atoms with Crippen LogP contribution in [-0.4, -0.2) is 11.1 Å². The summed E-state index contributed by atoms with van der Waals surface area (Å²) in [5, 5.41) is 7.42. The van der Waals surface area contributed by atoms with Crippen molar-refractivity contribution in [1.82, 2.24) is 0 Å². The second kappa shape index (κ2) is 22.5. The Bertz CT molecular complexity index is 42.8. The van der Waals surface area contributed by atoms with Gasteiger partial charge in [-0.1, -0.05) is 0 Å². The van der Waals surface area contributed by atoms with Crippen molar-refractivity contribution in [3.63, 3.8) is 0 Å². The summed E-state index contributed by atoms with van der Waals surface area (Å²) < 4.78 is 0. The van der Waals surface area contributed by atoms with Crippen LogP contribution in [0.1, 0.15) is 8.35 Å². The van der Waals surface area contributed by atoms with Crippen LogP contribution in [0.15, 0.2) is 0 Å². The Morgan fingerprint density at radius 2 is 1.38 bits per heavy atom. The van der Waals surface area contributed by atoms with E-state index in [2.05, 4.69) is 0 Å². The summed E-state index contributed by atoms with van der Waals surface area (Å²) in [6.07, 6.45) is 0. The molecule has 0 spiro atoms. The number of carboxylic acids is 1. The Labute approximate surface area is 140 Å². The number of carbonyl (C=O) groups is 1. The third kappa shape index (κ3) is 64.8. The van der Waals surface area contributed by atoms with Gasteiger partial charge in [-0.25, -0.2) is 0 Å². The zero-order chi connectivity index (χ0) is 3.58. The van der Waals surface area contributed by atoms with Crippen LogP contribution in [0.4, 0.5) is 0 Å². The molecule has 0 atom stereocenters. The van der Waals surface area contributed by atoms with Gasteiger partial charge in [0.05, 0.1) is 0 Å². The first-order valence-corrected chi connectivity index (χ1v) is 0.928. The largest absolute Gasteiger partial charge is 1.00 e. The van der Waals surface area contributed by atoms with Gasteiger partial charge in [0.15, 0.2) is 0 Å². The first kappa shape index (κ1) is 30.6. The molecule has 50 valence electrons. The van der Waals surface area contributed by atoms with Crippen LogP contribution < -0.4 is 68.9 Å². The predicted molar refractivity (Wildman–Crippen MR) is 45.4 cm³/mol. The maximum absolute atomic E-state index is 9.00. The minimum absolute atomic E-state index is 0. The van der Waals surface area contributed by atoms with Gasteiger partial charge >= 0.3 is 68.9 Å². The van der Waals surface area contributed by atoms with E-state index in [4.69, 9.17) is 9.90 Å². The number of aliphatic carboxylic acids is 1. The molecule has 0 aromatic heterocycles. The Morgan fingerprint density at radius 1 is 1.38 bits per heavy atom. The molecule has 0 amide bonds. The van der Waals surface area contributed by atoms with E-state index < -0.39 is 5.97 Å². The van der Waals surface area contributed by atoms with Crippen molar-refractivity contribution in [3.8, 4) is 0 Å². The van der Waals surface area contributed by atoms with Crippen LogP contribution in [-0.2, 0) is 4.79 Å². The predicted octanol–water partition coefficient (Wildman–Crippen LogP) is -1.06. The fraction of sp³-hybridized carbons (Fsp3) is 0.500. The molecular weight excluding hydrogens is 429 g/mol. The van der Waals surface area contributed by atoms with Crippen LogP contribution >= 0.6 is 50.9 Å². The first-order valence-electron chi connectivity index (χ1n) is 0.928. The van der Waals surface area contributed by atoms with Crippen LogP contribution in [0, 0.1) is 0 Å². The zero-order valence-electron chi connectivity index (χ0n) is 5.58. The van der Waals surface area contributed by atoms with Crippen molar-refractivity contribution in [3.05, 3.63) is 0 Å². The maximum atomic E-state index is 9.00. The number of hydrogen-bond acceptors (Lipinski definition) is 1. The van der Waals surface area contributed by atoms with Crippen LogP contribution in [0.5, 0.6) is 0 Å². The van der Waals surface area contributed by atoms with E-state index in [0.29, 0.717) is 0 Å². The Morgan fingerprint density at radius 3 is 1.38 bits per heavy atom. The normalized spacial score (nSPS) is 3.12. The van der Waals surface area contributed by atoms with Gasteiger partial charge in [0.2, 0.25) is 0 Å². The minimum atomic E-state index is -0.833. The fourth-order valence-corrected chi connectivity index (χ4v) is 0. The smallest absolute Gasteiger partial charge is 1.00 e. The summed E-state index contributed by atoms with van der Waals surface area (Å²) in [6, 6.07) is 0. The molecule has 6 heteroatoms. The van der Waals surface area contributed by atoms with Gasteiger partial charge in [0, 0.05) is 6.92 Å². The summed E-state index contributed by atoms with van der Waals surface area (Å²) >= 11 is 0. The van der Waals surface area contributed by atoms with E-state index in [1.807, 2.05) is 0 Å². The standard InChI is InChI=1S/C2H4O2.3BrH.Cs.H/c1-2(3)4;;;;;/h1H3,(H,3,4);3*1H;;/q;;;;+1;-1. The molecule has 0 radical (unpaired) electrons. The quantitative estimate of drug-likeness (QED) is 0.526. The monoisotopic (exact) mass is 434 g/mol. The van der Waals surface area contributed by atoms with Gasteiger partial charge < -0.3 is 6.53 Å². The van der Waals surface area contributed by atoms with E-state index in [1.54, 1.807) is 0 Å². The van der Waals surface area contributed by atoms with E-state index in [9.17, 15) is 0 Å². The van der Waals surface area contributed by atoms with Gasteiger partial charge in [0.25, 0.3) is 5.97 Å². The molecule has 0 bridgehead atoms. The Kier molecular flexibility index (Phi) is 86.1. The van der Waals surface area contributed by atoms with Gasteiger partial charge in [-0.15, -0.1) is 50.9 Å².